The quantitative estimate of drug-likeness (QED) is 0.789. The third kappa shape index (κ3) is 4.59. The van der Waals surface area contributed by atoms with Gasteiger partial charge in [0, 0.05) is 38.7 Å². The van der Waals surface area contributed by atoms with Gasteiger partial charge in [0.05, 0.1) is 10.6 Å². The predicted octanol–water partition coefficient (Wildman–Crippen LogP) is 3.88. The van der Waals surface area contributed by atoms with Crippen LogP contribution >= 0.6 is 11.6 Å². The van der Waals surface area contributed by atoms with E-state index < -0.39 is 6.04 Å². The molecule has 1 fully saturated rings. The summed E-state index contributed by atoms with van der Waals surface area (Å²) in [6, 6.07) is 12.0. The predicted molar refractivity (Wildman–Crippen MR) is 120 cm³/mol. The number of hydrogen-bond acceptors (Lipinski definition) is 3. The molecule has 0 bridgehead atoms. The van der Waals surface area contributed by atoms with Crippen LogP contribution in [0.5, 0.6) is 0 Å². The van der Waals surface area contributed by atoms with Crippen LogP contribution < -0.4 is 5.32 Å². The molecule has 0 saturated carbocycles. The number of benzene rings is 2. The molecule has 2 aliphatic heterocycles. The molecule has 0 aromatic heterocycles. The van der Waals surface area contributed by atoms with Crippen LogP contribution in [-0.2, 0) is 22.6 Å². The highest BCUT2D eigenvalue weighted by molar-refractivity contribution is 6.33. The number of amides is 3. The van der Waals surface area contributed by atoms with Crippen molar-refractivity contribution in [1.82, 2.24) is 9.80 Å². The number of nitrogens with zero attached hydrogens (tertiary/aromatic N) is 2. The molecule has 0 aliphatic carbocycles. The Morgan fingerprint density at radius 3 is 2.45 bits per heavy atom. The number of fused-ring (bicyclic) bond motifs is 1. The van der Waals surface area contributed by atoms with Gasteiger partial charge in [0.2, 0.25) is 11.8 Å². The summed E-state index contributed by atoms with van der Waals surface area (Å²) in [6.07, 6.45) is 3.56. The highest BCUT2D eigenvalue weighted by Gasteiger charge is 2.38. The van der Waals surface area contributed by atoms with E-state index in [0.29, 0.717) is 22.7 Å². The van der Waals surface area contributed by atoms with Crippen molar-refractivity contribution >= 4 is 35.0 Å². The summed E-state index contributed by atoms with van der Waals surface area (Å²) < 4.78 is 0. The zero-order valence-electron chi connectivity index (χ0n) is 17.6. The first-order valence-electron chi connectivity index (χ1n) is 10.7. The number of carbonyl (C=O) groups is 3. The zero-order chi connectivity index (χ0) is 22.0. The SMILES string of the molecule is CC(=O)Nc1ccc2c(c1)CN(C(=O)c1ccccc1Cl)C(C(=O)N1CCCCC1)C2. The van der Waals surface area contributed by atoms with Crippen LogP contribution in [0.15, 0.2) is 42.5 Å². The molecule has 0 radical (unpaired) electrons. The van der Waals surface area contributed by atoms with E-state index in [-0.39, 0.29) is 24.3 Å². The molecule has 31 heavy (non-hydrogen) atoms. The number of hydrogen-bond donors (Lipinski definition) is 1. The van der Waals surface area contributed by atoms with Gasteiger partial charge in [-0.15, -0.1) is 0 Å². The molecule has 4 rings (SSSR count). The molecule has 162 valence electrons. The first-order valence-corrected chi connectivity index (χ1v) is 11.1. The van der Waals surface area contributed by atoms with Crippen molar-refractivity contribution in [1.29, 1.82) is 0 Å². The lowest BCUT2D eigenvalue weighted by Gasteiger charge is -2.40. The lowest BCUT2D eigenvalue weighted by molar-refractivity contribution is -0.137. The van der Waals surface area contributed by atoms with E-state index in [0.717, 1.165) is 43.5 Å². The second-order valence-corrected chi connectivity index (χ2v) is 8.59. The minimum atomic E-state index is -0.569. The molecule has 1 N–H and O–H groups in total. The van der Waals surface area contributed by atoms with E-state index in [1.807, 2.05) is 23.1 Å². The van der Waals surface area contributed by atoms with Crippen LogP contribution in [-0.4, -0.2) is 46.7 Å². The summed E-state index contributed by atoms with van der Waals surface area (Å²) >= 11 is 6.31. The maximum absolute atomic E-state index is 13.5. The van der Waals surface area contributed by atoms with Gasteiger partial charge < -0.3 is 15.1 Å². The van der Waals surface area contributed by atoms with Gasteiger partial charge in [0.25, 0.3) is 5.91 Å². The molecule has 1 atom stereocenters. The van der Waals surface area contributed by atoms with Gasteiger partial charge in [0.15, 0.2) is 0 Å². The monoisotopic (exact) mass is 439 g/mol. The van der Waals surface area contributed by atoms with Crippen molar-refractivity contribution in [3.8, 4) is 0 Å². The molecule has 2 aromatic carbocycles. The summed E-state index contributed by atoms with van der Waals surface area (Å²) in [6.45, 7) is 3.21. The van der Waals surface area contributed by atoms with Gasteiger partial charge in [-0.2, -0.15) is 0 Å². The fraction of sp³-hybridized carbons (Fsp3) is 0.375. The van der Waals surface area contributed by atoms with E-state index in [9.17, 15) is 14.4 Å². The van der Waals surface area contributed by atoms with E-state index in [2.05, 4.69) is 5.32 Å². The fourth-order valence-electron chi connectivity index (χ4n) is 4.41. The normalized spacial score (nSPS) is 18.3. The Hall–Kier alpha value is -2.86. The van der Waals surface area contributed by atoms with Gasteiger partial charge in [-0.05, 0) is 54.7 Å². The van der Waals surface area contributed by atoms with E-state index >= 15 is 0 Å². The highest BCUT2D eigenvalue weighted by Crippen LogP contribution is 2.30. The van der Waals surface area contributed by atoms with Crippen molar-refractivity contribution in [3.63, 3.8) is 0 Å². The smallest absolute Gasteiger partial charge is 0.256 e. The van der Waals surface area contributed by atoms with Gasteiger partial charge in [-0.1, -0.05) is 29.8 Å². The molecule has 2 heterocycles. The van der Waals surface area contributed by atoms with E-state index in [1.165, 1.54) is 6.92 Å². The second-order valence-electron chi connectivity index (χ2n) is 8.18. The number of halogens is 1. The Bertz CT molecular complexity index is 1020. The van der Waals surface area contributed by atoms with Crippen LogP contribution in [0.4, 0.5) is 5.69 Å². The molecule has 2 aliphatic rings. The standard InChI is InChI=1S/C24H26ClN3O3/c1-16(29)26-19-10-9-17-14-22(24(31)27-11-5-2-6-12-27)28(15-18(17)13-19)23(30)20-7-3-4-8-21(20)25/h3-4,7-10,13,22H,2,5-6,11-12,14-15H2,1H3,(H,26,29). The van der Waals surface area contributed by atoms with Crippen LogP contribution in [0.1, 0.15) is 47.7 Å². The maximum atomic E-state index is 13.5. The molecular formula is C24H26ClN3O3. The second kappa shape index (κ2) is 9.10. The van der Waals surface area contributed by atoms with E-state index in [4.69, 9.17) is 11.6 Å². The zero-order valence-corrected chi connectivity index (χ0v) is 18.3. The largest absolute Gasteiger partial charge is 0.341 e. The third-order valence-corrected chi connectivity index (χ3v) is 6.30. The maximum Gasteiger partial charge on any atom is 0.256 e. The number of nitrogens with one attached hydrogen (secondary N) is 1. The Balaban J connectivity index is 1.69. The Morgan fingerprint density at radius 2 is 1.74 bits per heavy atom. The first-order chi connectivity index (χ1) is 14.9. The molecule has 2 aromatic rings. The molecular weight excluding hydrogens is 414 g/mol. The topological polar surface area (TPSA) is 69.7 Å². The van der Waals surface area contributed by atoms with Crippen molar-refractivity contribution < 1.29 is 14.4 Å². The van der Waals surface area contributed by atoms with Crippen LogP contribution in [0.3, 0.4) is 0 Å². The third-order valence-electron chi connectivity index (χ3n) is 5.97. The first kappa shape index (κ1) is 21.4. The van der Waals surface area contributed by atoms with Crippen molar-refractivity contribution in [3.05, 3.63) is 64.2 Å². The molecule has 0 spiro atoms. The van der Waals surface area contributed by atoms with Crippen molar-refractivity contribution in [2.45, 2.75) is 45.2 Å². The summed E-state index contributed by atoms with van der Waals surface area (Å²) in [4.78, 5) is 41.9. The average molecular weight is 440 g/mol. The Kier molecular flexibility index (Phi) is 6.28. The van der Waals surface area contributed by atoms with Gasteiger partial charge >= 0.3 is 0 Å². The lowest BCUT2D eigenvalue weighted by Crippen LogP contribution is -2.54. The summed E-state index contributed by atoms with van der Waals surface area (Å²) in [5.41, 5.74) is 3.02. The van der Waals surface area contributed by atoms with Crippen LogP contribution in [0, 0.1) is 0 Å². The van der Waals surface area contributed by atoms with Crippen molar-refractivity contribution in [2.75, 3.05) is 18.4 Å². The minimum Gasteiger partial charge on any atom is -0.341 e. The van der Waals surface area contributed by atoms with Crippen molar-refractivity contribution in [2.24, 2.45) is 0 Å². The Morgan fingerprint density at radius 1 is 1.00 bits per heavy atom. The molecule has 1 unspecified atom stereocenters. The molecule has 7 heteroatoms. The van der Waals surface area contributed by atoms with Crippen LogP contribution in [0.2, 0.25) is 5.02 Å². The highest BCUT2D eigenvalue weighted by atomic mass is 35.5. The lowest BCUT2D eigenvalue weighted by atomic mass is 9.91. The van der Waals surface area contributed by atoms with Gasteiger partial charge in [-0.3, -0.25) is 14.4 Å². The summed E-state index contributed by atoms with van der Waals surface area (Å²) in [5, 5.41) is 3.16. The minimum absolute atomic E-state index is 0.00306. The average Bonchev–Trinajstić information content (AvgIpc) is 2.78. The number of rotatable bonds is 3. The van der Waals surface area contributed by atoms with E-state index in [1.54, 1.807) is 29.2 Å². The molecule has 1 saturated heterocycles. The fourth-order valence-corrected chi connectivity index (χ4v) is 4.63. The number of likely N-dealkylation sites (tertiary alicyclic amines) is 1. The molecule has 6 nitrogen and oxygen atoms in total. The number of anilines is 1. The van der Waals surface area contributed by atoms with Gasteiger partial charge in [-0.25, -0.2) is 0 Å². The van der Waals surface area contributed by atoms with Gasteiger partial charge in [0.1, 0.15) is 6.04 Å². The number of piperidine rings is 1. The molecule has 3 amide bonds. The summed E-state index contributed by atoms with van der Waals surface area (Å²) in [7, 11) is 0. The summed E-state index contributed by atoms with van der Waals surface area (Å²) in [5.74, 6) is -0.411. The number of carbonyl (C=O) groups excluding carboxylic acids is 3. The Labute approximate surface area is 187 Å². The van der Waals surface area contributed by atoms with Crippen LogP contribution in [0.25, 0.3) is 0 Å².